The van der Waals surface area contributed by atoms with Crippen LogP contribution in [0.4, 0.5) is 5.69 Å². The number of hydrogen-bond donors (Lipinski definition) is 0. The van der Waals surface area contributed by atoms with Crippen LogP contribution in [0.15, 0.2) is 176 Å². The SMILES string of the molecule is CN1C=CN(c2[c-]c(C3(c4cc(C(C)(C)C)cc(C(c5[c-]cccc5)(c5ccccc5)c5ccccc5)n4)c4ccccc4-c4ccccc43)ccc2)[CH-]1.[Pt]. The van der Waals surface area contributed by atoms with Gasteiger partial charge >= 0.3 is 0 Å². The maximum Gasteiger partial charge on any atom is 0.0663 e. The summed E-state index contributed by atoms with van der Waals surface area (Å²) >= 11 is 0. The molecule has 0 bridgehead atoms. The molecular formula is C51H42N3Pt-3. The van der Waals surface area contributed by atoms with Gasteiger partial charge in [-0.15, -0.1) is 16.8 Å². The van der Waals surface area contributed by atoms with E-state index in [1.165, 1.54) is 27.8 Å². The molecular weight excluding hydrogens is 850 g/mol. The van der Waals surface area contributed by atoms with E-state index in [4.69, 9.17) is 4.98 Å². The smallest absolute Gasteiger partial charge is 0.0663 e. The summed E-state index contributed by atoms with van der Waals surface area (Å²) in [5.74, 6) is 0. The molecule has 0 spiro atoms. The minimum atomic E-state index is -0.774. The topological polar surface area (TPSA) is 19.4 Å². The number of nitrogens with zero attached hydrogens (tertiary/aromatic N) is 3. The Kier molecular flexibility index (Phi) is 9.48. The second kappa shape index (κ2) is 14.3. The Morgan fingerprint density at radius 1 is 0.618 bits per heavy atom. The molecule has 0 radical (unpaired) electrons. The van der Waals surface area contributed by atoms with Crippen molar-refractivity contribution in [3.63, 3.8) is 0 Å². The van der Waals surface area contributed by atoms with E-state index in [1.807, 2.05) is 19.2 Å². The van der Waals surface area contributed by atoms with Crippen LogP contribution in [0.25, 0.3) is 11.1 Å². The van der Waals surface area contributed by atoms with E-state index >= 15 is 0 Å². The largest absolute Gasteiger partial charge is 0.510 e. The first-order valence-electron chi connectivity index (χ1n) is 18.7. The van der Waals surface area contributed by atoms with Gasteiger partial charge in [0.25, 0.3) is 0 Å². The van der Waals surface area contributed by atoms with Crippen molar-refractivity contribution in [2.75, 3.05) is 11.9 Å². The Morgan fingerprint density at radius 3 is 1.78 bits per heavy atom. The first kappa shape index (κ1) is 36.5. The summed E-state index contributed by atoms with van der Waals surface area (Å²) in [6.07, 6.45) is 4.14. The van der Waals surface area contributed by atoms with Crippen LogP contribution in [0.1, 0.15) is 71.1 Å². The maximum atomic E-state index is 6.03. The molecule has 7 aromatic rings. The number of aromatic nitrogens is 1. The summed E-state index contributed by atoms with van der Waals surface area (Å²) in [4.78, 5) is 10.2. The molecule has 4 heteroatoms. The Bertz CT molecular complexity index is 2340. The predicted molar refractivity (Wildman–Crippen MR) is 220 cm³/mol. The molecule has 0 unspecified atom stereocenters. The molecule has 0 N–H and O–H groups in total. The van der Waals surface area contributed by atoms with E-state index in [1.54, 1.807) is 0 Å². The van der Waals surface area contributed by atoms with Crippen molar-refractivity contribution < 1.29 is 21.1 Å². The van der Waals surface area contributed by atoms with E-state index < -0.39 is 10.8 Å². The third-order valence-corrected chi connectivity index (χ3v) is 11.2. The molecule has 1 aliphatic carbocycles. The molecule has 55 heavy (non-hydrogen) atoms. The van der Waals surface area contributed by atoms with Crippen LogP contribution in [0.3, 0.4) is 0 Å². The average Bonchev–Trinajstić information content (AvgIpc) is 3.79. The van der Waals surface area contributed by atoms with Crippen molar-refractivity contribution in [2.45, 2.75) is 37.0 Å². The van der Waals surface area contributed by atoms with Gasteiger partial charge in [0.15, 0.2) is 0 Å². The quantitative estimate of drug-likeness (QED) is 0.117. The van der Waals surface area contributed by atoms with Crippen LogP contribution in [-0.4, -0.2) is 16.9 Å². The monoisotopic (exact) mass is 891 g/mol. The fourth-order valence-corrected chi connectivity index (χ4v) is 8.62. The van der Waals surface area contributed by atoms with Crippen LogP contribution in [0, 0.1) is 18.8 Å². The normalized spacial score (nSPS) is 14.3. The maximum absolute atomic E-state index is 6.03. The summed E-state index contributed by atoms with van der Waals surface area (Å²) in [6.45, 7) is 9.00. The summed E-state index contributed by atoms with van der Waals surface area (Å²) in [5.41, 5.74) is 11.6. The van der Waals surface area contributed by atoms with Crippen LogP contribution in [0.2, 0.25) is 0 Å². The molecule has 1 aromatic heterocycles. The van der Waals surface area contributed by atoms with Crippen molar-refractivity contribution in [3.8, 4) is 11.1 Å². The standard InChI is InChI=1S/C51H42N3.Pt/c1-49(2,3)41-34-47(50(37-19-8-5-9-20-37,38-21-10-6-11-22-38)39-23-12-7-13-24-39)52-48(35-41)51(40-25-18-26-42(33-40)54-32-31-53(4)36-54)45-29-16-14-27-43(45)44-28-15-17-30-46(44)51;/h5-23,25-32,34-36H,1-4H3;/q-3;. The van der Waals surface area contributed by atoms with Gasteiger partial charge in [0.1, 0.15) is 0 Å². The number of benzene rings is 6. The van der Waals surface area contributed by atoms with Crippen molar-refractivity contribution in [2.24, 2.45) is 0 Å². The van der Waals surface area contributed by atoms with Gasteiger partial charge in [0, 0.05) is 21.1 Å². The van der Waals surface area contributed by atoms with Crippen molar-refractivity contribution in [1.82, 2.24) is 9.88 Å². The number of hydrogen-bond acceptors (Lipinski definition) is 3. The third-order valence-electron chi connectivity index (χ3n) is 11.2. The van der Waals surface area contributed by atoms with Gasteiger partial charge in [-0.3, -0.25) is 4.98 Å². The number of fused-ring (bicyclic) bond motifs is 3. The molecule has 3 nitrogen and oxygen atoms in total. The Labute approximate surface area is 340 Å². The van der Waals surface area contributed by atoms with Gasteiger partial charge in [-0.1, -0.05) is 130 Å². The van der Waals surface area contributed by atoms with Crippen LogP contribution < -0.4 is 4.90 Å². The van der Waals surface area contributed by atoms with Gasteiger partial charge < -0.3 is 9.80 Å². The number of pyridine rings is 1. The van der Waals surface area contributed by atoms with E-state index in [-0.39, 0.29) is 26.5 Å². The minimum Gasteiger partial charge on any atom is -0.510 e. The zero-order valence-corrected chi connectivity index (χ0v) is 33.8. The summed E-state index contributed by atoms with van der Waals surface area (Å²) in [7, 11) is 2.05. The Morgan fingerprint density at radius 2 is 1.22 bits per heavy atom. The van der Waals surface area contributed by atoms with E-state index in [0.717, 1.165) is 39.3 Å². The zero-order chi connectivity index (χ0) is 36.9. The fourth-order valence-electron chi connectivity index (χ4n) is 8.62. The Hall–Kier alpha value is -5.50. The Balaban J connectivity index is 0.00000427. The van der Waals surface area contributed by atoms with Gasteiger partial charge in [0.2, 0.25) is 0 Å². The second-order valence-electron chi connectivity index (χ2n) is 15.4. The van der Waals surface area contributed by atoms with Crippen LogP contribution in [0.5, 0.6) is 0 Å². The second-order valence-corrected chi connectivity index (χ2v) is 15.4. The molecule has 9 rings (SSSR count). The number of rotatable bonds is 7. The zero-order valence-electron chi connectivity index (χ0n) is 31.5. The van der Waals surface area contributed by atoms with E-state index in [2.05, 4.69) is 213 Å². The molecule has 6 aromatic carbocycles. The molecule has 274 valence electrons. The molecule has 0 atom stereocenters. The first-order chi connectivity index (χ1) is 26.3. The summed E-state index contributed by atoms with van der Waals surface area (Å²) in [6, 6.07) is 66.7. The van der Waals surface area contributed by atoms with Gasteiger partial charge in [0.05, 0.1) is 22.2 Å². The summed E-state index contributed by atoms with van der Waals surface area (Å²) < 4.78 is 0. The van der Waals surface area contributed by atoms with E-state index in [0.29, 0.717) is 0 Å². The third kappa shape index (κ3) is 5.88. The van der Waals surface area contributed by atoms with E-state index in [9.17, 15) is 0 Å². The molecule has 2 aliphatic rings. The van der Waals surface area contributed by atoms with Gasteiger partial charge in [-0.2, -0.15) is 61.3 Å². The molecule has 1 aliphatic heterocycles. The number of anilines is 1. The first-order valence-corrected chi connectivity index (χ1v) is 18.7. The molecule has 2 heterocycles. The molecule has 0 amide bonds. The molecule has 0 saturated heterocycles. The fraction of sp³-hybridized carbons (Fsp3) is 0.137. The van der Waals surface area contributed by atoms with Gasteiger partial charge in [-0.25, -0.2) is 0 Å². The molecule has 0 saturated carbocycles. The van der Waals surface area contributed by atoms with Crippen molar-refractivity contribution in [1.29, 1.82) is 0 Å². The predicted octanol–water partition coefficient (Wildman–Crippen LogP) is 11.1. The van der Waals surface area contributed by atoms with Crippen LogP contribution in [-0.2, 0) is 37.3 Å². The van der Waals surface area contributed by atoms with Gasteiger partial charge in [-0.05, 0) is 75.9 Å². The van der Waals surface area contributed by atoms with Crippen molar-refractivity contribution >= 4 is 5.69 Å². The van der Waals surface area contributed by atoms with Crippen molar-refractivity contribution in [3.05, 3.63) is 245 Å². The minimum absolute atomic E-state index is 0. The molecule has 0 fully saturated rings. The summed E-state index contributed by atoms with van der Waals surface area (Å²) in [5, 5.41) is 0. The van der Waals surface area contributed by atoms with Crippen LogP contribution >= 0.6 is 0 Å². The average molecular weight is 892 g/mol.